The Balaban J connectivity index is 1.93. The highest BCUT2D eigenvalue weighted by Crippen LogP contribution is 2.29. The maximum Gasteiger partial charge on any atom is 0.255 e. The summed E-state index contributed by atoms with van der Waals surface area (Å²) in [4.78, 5) is 28.6. The van der Waals surface area contributed by atoms with Crippen LogP contribution in [-0.2, 0) is 11.3 Å². The topological polar surface area (TPSA) is 109 Å². The van der Waals surface area contributed by atoms with Crippen LogP contribution in [0.2, 0.25) is 0 Å². The number of aromatic nitrogens is 1. The van der Waals surface area contributed by atoms with Gasteiger partial charge in [-0.2, -0.15) is 0 Å². The van der Waals surface area contributed by atoms with Crippen molar-refractivity contribution in [2.24, 2.45) is 11.7 Å². The van der Waals surface area contributed by atoms with E-state index >= 15 is 0 Å². The molecule has 0 saturated heterocycles. The van der Waals surface area contributed by atoms with Gasteiger partial charge < -0.3 is 21.7 Å². The minimum Gasteiger partial charge on any atom is -0.368 e. The lowest BCUT2D eigenvalue weighted by molar-refractivity contribution is -0.119. The fraction of sp³-hybridized carbons (Fsp3) is 0.350. The van der Waals surface area contributed by atoms with Crippen LogP contribution in [0.4, 0.5) is 17.3 Å². The zero-order valence-corrected chi connectivity index (χ0v) is 15.8. The number of aryl methyl sites for hydroxylation is 1. The molecule has 0 unspecified atom stereocenters. The molecule has 0 saturated carbocycles. The molecule has 2 aromatic rings. The predicted molar refractivity (Wildman–Crippen MR) is 106 cm³/mol. The third-order valence-corrected chi connectivity index (χ3v) is 4.45. The average molecular weight is 367 g/mol. The number of nitrogens with one attached hydrogen (secondary N) is 3. The van der Waals surface area contributed by atoms with Crippen LogP contribution in [0, 0.1) is 12.8 Å². The Labute approximate surface area is 158 Å². The smallest absolute Gasteiger partial charge is 0.255 e. The summed E-state index contributed by atoms with van der Waals surface area (Å²) >= 11 is 0. The van der Waals surface area contributed by atoms with Gasteiger partial charge in [-0.3, -0.25) is 9.59 Å². The number of carbonyl (C=O) groups is 2. The molecule has 3 rings (SSSR count). The SMILES string of the molecule is Cc1ccc(Nc2nc(N[C@H](CC(C)C)C(N)=O)cc3c2C(=O)NC3)cc1. The Morgan fingerprint density at radius 1 is 1.30 bits per heavy atom. The number of nitrogens with zero attached hydrogens (tertiary/aromatic N) is 1. The van der Waals surface area contributed by atoms with Gasteiger partial charge >= 0.3 is 0 Å². The van der Waals surface area contributed by atoms with Crippen molar-refractivity contribution in [3.05, 3.63) is 47.0 Å². The van der Waals surface area contributed by atoms with E-state index in [2.05, 4.69) is 20.9 Å². The van der Waals surface area contributed by atoms with E-state index in [9.17, 15) is 9.59 Å². The minimum atomic E-state index is -0.521. The zero-order chi connectivity index (χ0) is 19.6. The summed E-state index contributed by atoms with van der Waals surface area (Å²) in [5.74, 6) is 0.698. The number of carbonyl (C=O) groups excluding carboxylic acids is 2. The number of amides is 2. The standard InChI is InChI=1S/C20H25N5O2/c1-11(2)8-15(18(21)26)24-16-9-13-10-22-20(27)17(13)19(25-16)23-14-6-4-12(3)5-7-14/h4-7,9,11,15H,8,10H2,1-3H3,(H2,21,26)(H,22,27)(H2,23,24,25)/t15-/m1/s1. The lowest BCUT2D eigenvalue weighted by atomic mass is 10.0. The fourth-order valence-electron chi connectivity index (χ4n) is 3.09. The summed E-state index contributed by atoms with van der Waals surface area (Å²) in [5, 5.41) is 9.16. The van der Waals surface area contributed by atoms with Crippen molar-refractivity contribution in [2.45, 2.75) is 39.8 Å². The number of anilines is 3. The molecule has 7 heteroatoms. The van der Waals surface area contributed by atoms with E-state index in [0.717, 1.165) is 16.8 Å². The van der Waals surface area contributed by atoms with Crippen molar-refractivity contribution in [2.75, 3.05) is 10.6 Å². The molecule has 0 bridgehead atoms. The normalized spacial score (nSPS) is 13.9. The molecule has 0 spiro atoms. The molecular formula is C20H25N5O2. The quantitative estimate of drug-likeness (QED) is 0.602. The number of primary amides is 1. The van der Waals surface area contributed by atoms with E-state index < -0.39 is 11.9 Å². The Morgan fingerprint density at radius 2 is 2.00 bits per heavy atom. The Bertz CT molecular complexity index is 861. The first-order valence-corrected chi connectivity index (χ1v) is 9.05. The van der Waals surface area contributed by atoms with Gasteiger partial charge in [-0.15, -0.1) is 0 Å². The number of hydrogen-bond acceptors (Lipinski definition) is 5. The Hall–Kier alpha value is -3.09. The molecule has 27 heavy (non-hydrogen) atoms. The van der Waals surface area contributed by atoms with Gasteiger partial charge in [-0.05, 0) is 43.0 Å². The van der Waals surface area contributed by atoms with Crippen molar-refractivity contribution in [3.8, 4) is 0 Å². The second-order valence-electron chi connectivity index (χ2n) is 7.29. The monoisotopic (exact) mass is 367 g/mol. The molecule has 2 amide bonds. The molecule has 0 aliphatic carbocycles. The van der Waals surface area contributed by atoms with E-state index in [0.29, 0.717) is 36.1 Å². The zero-order valence-electron chi connectivity index (χ0n) is 15.8. The van der Waals surface area contributed by atoms with Crippen LogP contribution in [0.25, 0.3) is 0 Å². The number of pyridine rings is 1. The van der Waals surface area contributed by atoms with Gasteiger partial charge in [0.05, 0.1) is 5.56 Å². The van der Waals surface area contributed by atoms with Crippen LogP contribution in [0.15, 0.2) is 30.3 Å². The van der Waals surface area contributed by atoms with Crippen molar-refractivity contribution in [1.82, 2.24) is 10.3 Å². The first-order valence-electron chi connectivity index (χ1n) is 9.05. The highest BCUT2D eigenvalue weighted by atomic mass is 16.2. The fourth-order valence-corrected chi connectivity index (χ4v) is 3.09. The van der Waals surface area contributed by atoms with E-state index in [1.807, 2.05) is 45.0 Å². The Morgan fingerprint density at radius 3 is 2.63 bits per heavy atom. The number of fused-ring (bicyclic) bond motifs is 1. The summed E-state index contributed by atoms with van der Waals surface area (Å²) in [6.45, 7) is 6.50. The molecule has 1 aliphatic heterocycles. The third kappa shape index (κ3) is 4.36. The molecule has 0 radical (unpaired) electrons. The summed E-state index contributed by atoms with van der Waals surface area (Å²) in [6, 6.07) is 9.10. The van der Waals surface area contributed by atoms with E-state index in [1.165, 1.54) is 0 Å². The van der Waals surface area contributed by atoms with Gasteiger partial charge in [-0.25, -0.2) is 4.98 Å². The Kier molecular flexibility index (Phi) is 5.30. The second kappa shape index (κ2) is 7.65. The third-order valence-electron chi connectivity index (χ3n) is 4.45. The molecule has 1 aromatic carbocycles. The van der Waals surface area contributed by atoms with Crippen LogP contribution in [0.3, 0.4) is 0 Å². The van der Waals surface area contributed by atoms with Gasteiger partial charge in [0.15, 0.2) is 0 Å². The number of nitrogens with two attached hydrogens (primary N) is 1. The minimum absolute atomic E-state index is 0.160. The average Bonchev–Trinajstić information content (AvgIpc) is 2.97. The number of hydrogen-bond donors (Lipinski definition) is 4. The molecule has 1 atom stereocenters. The molecule has 0 fully saturated rings. The second-order valence-corrected chi connectivity index (χ2v) is 7.29. The molecule has 7 nitrogen and oxygen atoms in total. The summed E-state index contributed by atoms with van der Waals surface area (Å²) in [6.07, 6.45) is 0.603. The summed E-state index contributed by atoms with van der Waals surface area (Å²) in [5.41, 5.74) is 8.87. The van der Waals surface area contributed by atoms with Crippen molar-refractivity contribution in [3.63, 3.8) is 0 Å². The van der Waals surface area contributed by atoms with Gasteiger partial charge in [0.1, 0.15) is 17.7 Å². The predicted octanol–water partition coefficient (Wildman–Crippen LogP) is 2.69. The van der Waals surface area contributed by atoms with Crippen LogP contribution in [0.1, 0.15) is 41.8 Å². The molecule has 142 valence electrons. The van der Waals surface area contributed by atoms with Crippen LogP contribution >= 0.6 is 0 Å². The molecular weight excluding hydrogens is 342 g/mol. The van der Waals surface area contributed by atoms with Gasteiger partial charge in [-0.1, -0.05) is 31.5 Å². The van der Waals surface area contributed by atoms with E-state index in [1.54, 1.807) is 6.07 Å². The number of benzene rings is 1. The van der Waals surface area contributed by atoms with Crippen LogP contribution in [-0.4, -0.2) is 22.8 Å². The first kappa shape index (κ1) is 18.7. The summed E-state index contributed by atoms with van der Waals surface area (Å²) < 4.78 is 0. The lowest BCUT2D eigenvalue weighted by Gasteiger charge is -2.19. The van der Waals surface area contributed by atoms with Gasteiger partial charge in [0.2, 0.25) is 5.91 Å². The van der Waals surface area contributed by atoms with Gasteiger partial charge in [0, 0.05) is 12.2 Å². The highest BCUT2D eigenvalue weighted by Gasteiger charge is 2.26. The van der Waals surface area contributed by atoms with E-state index in [4.69, 9.17) is 5.73 Å². The first-order chi connectivity index (χ1) is 12.8. The van der Waals surface area contributed by atoms with Crippen LogP contribution in [0.5, 0.6) is 0 Å². The lowest BCUT2D eigenvalue weighted by Crippen LogP contribution is -2.36. The maximum absolute atomic E-state index is 12.2. The molecule has 5 N–H and O–H groups in total. The van der Waals surface area contributed by atoms with E-state index in [-0.39, 0.29) is 5.91 Å². The van der Waals surface area contributed by atoms with Crippen LogP contribution < -0.4 is 21.7 Å². The van der Waals surface area contributed by atoms with Crippen molar-refractivity contribution >= 4 is 29.1 Å². The van der Waals surface area contributed by atoms with Crippen molar-refractivity contribution < 1.29 is 9.59 Å². The number of rotatable bonds is 7. The summed E-state index contributed by atoms with van der Waals surface area (Å²) in [7, 11) is 0. The molecule has 1 aliphatic rings. The highest BCUT2D eigenvalue weighted by molar-refractivity contribution is 6.03. The van der Waals surface area contributed by atoms with Gasteiger partial charge in [0.25, 0.3) is 5.91 Å². The molecule has 2 heterocycles. The van der Waals surface area contributed by atoms with Crippen molar-refractivity contribution in [1.29, 1.82) is 0 Å². The molecule has 1 aromatic heterocycles. The maximum atomic E-state index is 12.2. The largest absolute Gasteiger partial charge is 0.368 e.